The van der Waals surface area contributed by atoms with Gasteiger partial charge in [-0.15, -0.1) is 0 Å². The van der Waals surface area contributed by atoms with Gasteiger partial charge in [-0.2, -0.15) is 0 Å². The molecule has 0 radical (unpaired) electrons. The van der Waals surface area contributed by atoms with Crippen LogP contribution >= 0.6 is 0 Å². The molecule has 0 aromatic heterocycles. The molecule has 1 heterocycles. The largest absolute Gasteiger partial charge is 0.458 e. The van der Waals surface area contributed by atoms with E-state index in [0.717, 1.165) is 24.0 Å². The van der Waals surface area contributed by atoms with Crippen LogP contribution in [0, 0.1) is 11.8 Å². The zero-order valence-corrected chi connectivity index (χ0v) is 23.8. The molecule has 0 bridgehead atoms. The summed E-state index contributed by atoms with van der Waals surface area (Å²) in [5.41, 5.74) is 2.10. The summed E-state index contributed by atoms with van der Waals surface area (Å²) in [5.74, 6) is 6.29. The molecule has 204 valence electrons. The third-order valence-electron chi connectivity index (χ3n) is 6.24. The number of rotatable bonds is 5. The van der Waals surface area contributed by atoms with Crippen molar-refractivity contribution in [3.8, 4) is 11.8 Å². The number of nitrogens with one attached hydrogen (secondary N) is 1. The molecule has 2 aromatic rings. The molecule has 38 heavy (non-hydrogen) atoms. The van der Waals surface area contributed by atoms with Crippen LogP contribution in [0.25, 0.3) is 0 Å². The van der Waals surface area contributed by atoms with Crippen LogP contribution in [0.5, 0.6) is 0 Å². The summed E-state index contributed by atoms with van der Waals surface area (Å²) in [5, 5.41) is 2.89. The van der Waals surface area contributed by atoms with E-state index >= 15 is 0 Å². The number of carbonyl (C=O) groups is 2. The number of carbonyl (C=O) groups excluding carboxylic acids is 2. The first kappa shape index (κ1) is 29.3. The van der Waals surface area contributed by atoms with Crippen molar-refractivity contribution in [1.82, 2.24) is 10.2 Å². The Balaban J connectivity index is 1.58. The first-order valence-electron chi connectivity index (χ1n) is 13.4. The lowest BCUT2D eigenvalue weighted by Gasteiger charge is -2.35. The van der Waals surface area contributed by atoms with E-state index in [0.29, 0.717) is 19.0 Å². The molecule has 2 amide bonds. The van der Waals surface area contributed by atoms with Crippen LogP contribution in [0.3, 0.4) is 0 Å². The standard InChI is InChI=1S/C32H42N2O4/c1-23(37-31(2,3)4)28(29(35)38-32(5,6)7)33-30(36)34-21-19-27(20-22-34)26-17-15-25(16-18-26)14-13-24-11-9-8-10-12-24/h8-12,15-18,23,27-28H,19-22H2,1-7H3,(H,33,36)/t23-,28+/m1/s1. The van der Waals surface area contributed by atoms with Crippen LogP contribution < -0.4 is 5.32 Å². The van der Waals surface area contributed by atoms with Crippen LogP contribution in [0.4, 0.5) is 4.79 Å². The molecule has 2 atom stereocenters. The lowest BCUT2D eigenvalue weighted by atomic mass is 9.89. The smallest absolute Gasteiger partial charge is 0.331 e. The molecule has 0 aliphatic carbocycles. The van der Waals surface area contributed by atoms with Gasteiger partial charge in [0.1, 0.15) is 5.60 Å². The Morgan fingerprint density at radius 1 is 0.868 bits per heavy atom. The van der Waals surface area contributed by atoms with Gasteiger partial charge in [0, 0.05) is 24.2 Å². The van der Waals surface area contributed by atoms with E-state index in [1.807, 2.05) is 71.9 Å². The van der Waals surface area contributed by atoms with Gasteiger partial charge in [0.2, 0.25) is 0 Å². The van der Waals surface area contributed by atoms with E-state index in [9.17, 15) is 9.59 Å². The Bertz CT molecular complexity index is 1130. The Hall–Kier alpha value is -3.30. The van der Waals surface area contributed by atoms with Crippen LogP contribution in [0.15, 0.2) is 54.6 Å². The second-order valence-electron chi connectivity index (χ2n) is 11.9. The number of urea groups is 1. The highest BCUT2D eigenvalue weighted by Gasteiger charge is 2.35. The first-order valence-corrected chi connectivity index (χ1v) is 13.4. The number of amides is 2. The summed E-state index contributed by atoms with van der Waals surface area (Å²) in [7, 11) is 0. The number of likely N-dealkylation sites (tertiary alicyclic amines) is 1. The van der Waals surface area contributed by atoms with Crippen LogP contribution in [-0.2, 0) is 14.3 Å². The van der Waals surface area contributed by atoms with E-state index in [1.165, 1.54) is 5.56 Å². The van der Waals surface area contributed by atoms with Crippen LogP contribution in [0.1, 0.15) is 83.9 Å². The van der Waals surface area contributed by atoms with Gasteiger partial charge in [-0.25, -0.2) is 9.59 Å². The maximum Gasteiger partial charge on any atom is 0.331 e. The fourth-order valence-corrected chi connectivity index (χ4v) is 4.50. The van der Waals surface area contributed by atoms with Gasteiger partial charge in [0.25, 0.3) is 0 Å². The summed E-state index contributed by atoms with van der Waals surface area (Å²) in [6.45, 7) is 14.2. The highest BCUT2D eigenvalue weighted by molar-refractivity contribution is 5.84. The maximum atomic E-state index is 13.2. The molecule has 3 rings (SSSR count). The molecule has 1 saturated heterocycles. The number of benzene rings is 2. The highest BCUT2D eigenvalue weighted by atomic mass is 16.6. The van der Waals surface area contributed by atoms with E-state index in [1.54, 1.807) is 11.8 Å². The van der Waals surface area contributed by atoms with Gasteiger partial charge in [-0.1, -0.05) is 42.2 Å². The minimum absolute atomic E-state index is 0.268. The molecule has 1 aliphatic rings. The number of hydrogen-bond donors (Lipinski definition) is 1. The molecular weight excluding hydrogens is 476 g/mol. The fourth-order valence-electron chi connectivity index (χ4n) is 4.50. The number of nitrogens with zero attached hydrogens (tertiary/aromatic N) is 1. The van der Waals surface area contributed by atoms with Gasteiger partial charge in [0.05, 0.1) is 11.7 Å². The highest BCUT2D eigenvalue weighted by Crippen LogP contribution is 2.28. The van der Waals surface area contributed by atoms with E-state index in [-0.39, 0.29) is 6.03 Å². The third kappa shape index (κ3) is 9.22. The normalized spacial score (nSPS) is 16.1. The quantitative estimate of drug-likeness (QED) is 0.396. The maximum absolute atomic E-state index is 13.2. The summed E-state index contributed by atoms with van der Waals surface area (Å²) in [6.07, 6.45) is 1.16. The minimum atomic E-state index is -0.900. The number of ether oxygens (including phenoxy) is 2. The topological polar surface area (TPSA) is 67.9 Å². The van der Waals surface area contributed by atoms with E-state index in [4.69, 9.17) is 9.47 Å². The Kier molecular flexibility index (Phi) is 9.62. The van der Waals surface area contributed by atoms with Gasteiger partial charge >= 0.3 is 12.0 Å². The molecule has 1 aliphatic heterocycles. The lowest BCUT2D eigenvalue weighted by molar-refractivity contribution is -0.164. The summed E-state index contributed by atoms with van der Waals surface area (Å²) in [4.78, 5) is 27.9. The monoisotopic (exact) mass is 518 g/mol. The number of hydrogen-bond acceptors (Lipinski definition) is 4. The van der Waals surface area contributed by atoms with Crippen molar-refractivity contribution >= 4 is 12.0 Å². The van der Waals surface area contributed by atoms with Crippen molar-refractivity contribution < 1.29 is 19.1 Å². The molecule has 1 fully saturated rings. The van der Waals surface area contributed by atoms with Crippen molar-refractivity contribution in [2.75, 3.05) is 13.1 Å². The summed E-state index contributed by atoms with van der Waals surface area (Å²) < 4.78 is 11.6. The predicted molar refractivity (Wildman–Crippen MR) is 151 cm³/mol. The van der Waals surface area contributed by atoms with E-state index < -0.39 is 29.3 Å². The molecule has 6 heteroatoms. The van der Waals surface area contributed by atoms with Gasteiger partial charge < -0.3 is 19.7 Å². The van der Waals surface area contributed by atoms with E-state index in [2.05, 4.69) is 41.4 Å². The minimum Gasteiger partial charge on any atom is -0.458 e. The predicted octanol–water partition coefficient (Wildman–Crippen LogP) is 5.89. The number of piperidine rings is 1. The zero-order valence-electron chi connectivity index (χ0n) is 23.8. The van der Waals surface area contributed by atoms with Crippen molar-refractivity contribution in [2.24, 2.45) is 0 Å². The van der Waals surface area contributed by atoms with Gasteiger partial charge in [-0.05, 0) is 97.1 Å². The Labute approximate surface area is 228 Å². The van der Waals surface area contributed by atoms with Crippen molar-refractivity contribution in [2.45, 2.75) is 90.6 Å². The van der Waals surface area contributed by atoms with Crippen molar-refractivity contribution in [3.63, 3.8) is 0 Å². The summed E-state index contributed by atoms with van der Waals surface area (Å²) in [6, 6.07) is 17.2. The van der Waals surface area contributed by atoms with Crippen molar-refractivity contribution in [3.05, 3.63) is 71.3 Å². The second kappa shape index (κ2) is 12.5. The second-order valence-corrected chi connectivity index (χ2v) is 11.9. The fraction of sp³-hybridized carbons (Fsp3) is 0.500. The third-order valence-corrected chi connectivity index (χ3v) is 6.24. The molecule has 0 spiro atoms. The van der Waals surface area contributed by atoms with Crippen LogP contribution in [-0.4, -0.2) is 53.3 Å². The molecule has 6 nitrogen and oxygen atoms in total. The Morgan fingerprint density at radius 2 is 1.42 bits per heavy atom. The molecule has 0 unspecified atom stereocenters. The SMILES string of the molecule is C[C@@H](OC(C)(C)C)[C@H](NC(=O)N1CCC(c2ccc(C#Cc3ccccc3)cc2)CC1)C(=O)OC(C)(C)C. The molecule has 1 N–H and O–H groups in total. The summed E-state index contributed by atoms with van der Waals surface area (Å²) >= 11 is 0. The first-order chi connectivity index (χ1) is 17.8. The average molecular weight is 519 g/mol. The molecular formula is C32H42N2O4. The molecule has 2 aromatic carbocycles. The van der Waals surface area contributed by atoms with Gasteiger partial charge in [0.15, 0.2) is 6.04 Å². The van der Waals surface area contributed by atoms with Gasteiger partial charge in [-0.3, -0.25) is 0 Å². The average Bonchev–Trinajstić information content (AvgIpc) is 2.85. The lowest BCUT2D eigenvalue weighted by Crippen LogP contribution is -2.56. The Morgan fingerprint density at radius 3 is 1.95 bits per heavy atom. The number of esters is 1. The molecule has 0 saturated carbocycles. The zero-order chi connectivity index (χ0) is 27.9. The van der Waals surface area contributed by atoms with Crippen LogP contribution in [0.2, 0.25) is 0 Å². The van der Waals surface area contributed by atoms with Crippen molar-refractivity contribution in [1.29, 1.82) is 0 Å².